The molecular formula is C50H39NO. The Kier molecular flexibility index (Phi) is 6.60. The van der Waals surface area contributed by atoms with Crippen LogP contribution in [-0.2, 0) is 10.8 Å². The summed E-state index contributed by atoms with van der Waals surface area (Å²) < 4.78 is 6.51. The maximum absolute atomic E-state index is 6.51. The molecule has 1 heterocycles. The minimum absolute atomic E-state index is 0.0896. The Morgan fingerprint density at radius 1 is 0.404 bits per heavy atom. The van der Waals surface area contributed by atoms with Crippen molar-refractivity contribution in [3.8, 4) is 44.7 Å². The predicted octanol–water partition coefficient (Wildman–Crippen LogP) is 13.8. The summed E-state index contributed by atoms with van der Waals surface area (Å²) in [5, 5.41) is 1.20. The fourth-order valence-electron chi connectivity index (χ4n) is 9.14. The normalized spacial score (nSPS) is 14.5. The molecule has 0 amide bonds. The molecule has 2 heteroatoms. The summed E-state index contributed by atoms with van der Waals surface area (Å²) in [6.45, 7) is 9.38. The van der Waals surface area contributed by atoms with Crippen molar-refractivity contribution in [1.29, 1.82) is 0 Å². The quantitative estimate of drug-likeness (QED) is 0.181. The van der Waals surface area contributed by atoms with Gasteiger partial charge in [0.2, 0.25) is 0 Å². The molecule has 0 unspecified atom stereocenters. The third-order valence-corrected chi connectivity index (χ3v) is 11.6. The first-order chi connectivity index (χ1) is 25.3. The molecule has 0 saturated carbocycles. The van der Waals surface area contributed by atoms with Crippen LogP contribution in [0.15, 0.2) is 168 Å². The number of hydrogen-bond acceptors (Lipinski definition) is 2. The molecule has 2 aliphatic rings. The second-order valence-electron chi connectivity index (χ2n) is 15.4. The van der Waals surface area contributed by atoms with E-state index >= 15 is 0 Å². The lowest BCUT2D eigenvalue weighted by atomic mass is 9.78. The van der Waals surface area contributed by atoms with Gasteiger partial charge in [-0.2, -0.15) is 0 Å². The van der Waals surface area contributed by atoms with Gasteiger partial charge in [0.1, 0.15) is 11.3 Å². The summed E-state index contributed by atoms with van der Waals surface area (Å²) in [5.41, 5.74) is 18.2. The van der Waals surface area contributed by atoms with E-state index in [4.69, 9.17) is 4.42 Å². The van der Waals surface area contributed by atoms with Crippen LogP contribution in [0.4, 0.5) is 17.1 Å². The third kappa shape index (κ3) is 4.43. The van der Waals surface area contributed by atoms with Gasteiger partial charge in [0.25, 0.3) is 0 Å². The molecule has 2 nitrogen and oxygen atoms in total. The van der Waals surface area contributed by atoms with Crippen LogP contribution in [0.3, 0.4) is 0 Å². The number of fused-ring (bicyclic) bond motifs is 8. The number of benzene rings is 7. The summed E-state index contributed by atoms with van der Waals surface area (Å²) in [5.74, 6) is 1.01. The molecule has 0 N–H and O–H groups in total. The van der Waals surface area contributed by atoms with Gasteiger partial charge in [0.15, 0.2) is 0 Å². The molecule has 2 aliphatic carbocycles. The van der Waals surface area contributed by atoms with Crippen LogP contribution < -0.4 is 4.90 Å². The largest absolute Gasteiger partial charge is 0.456 e. The maximum atomic E-state index is 6.51. The molecule has 0 aliphatic heterocycles. The minimum Gasteiger partial charge on any atom is -0.456 e. The molecule has 7 aromatic carbocycles. The lowest BCUT2D eigenvalue weighted by molar-refractivity contribution is 0.619. The Hall–Kier alpha value is -6.12. The van der Waals surface area contributed by atoms with Gasteiger partial charge in [-0.05, 0) is 92.5 Å². The number of rotatable bonds is 5. The summed E-state index contributed by atoms with van der Waals surface area (Å²) in [4.78, 5) is 2.40. The zero-order valence-corrected chi connectivity index (χ0v) is 29.9. The smallest absolute Gasteiger partial charge is 0.139 e. The van der Waals surface area contributed by atoms with Crippen molar-refractivity contribution < 1.29 is 4.42 Å². The molecule has 0 fully saturated rings. The topological polar surface area (TPSA) is 16.4 Å². The van der Waals surface area contributed by atoms with Gasteiger partial charge in [0, 0.05) is 44.4 Å². The Morgan fingerprint density at radius 3 is 1.75 bits per heavy atom. The fraction of sp³-hybridized carbons (Fsp3) is 0.120. The van der Waals surface area contributed by atoms with Gasteiger partial charge >= 0.3 is 0 Å². The Balaban J connectivity index is 1.08. The minimum atomic E-state index is -0.201. The van der Waals surface area contributed by atoms with Crippen LogP contribution in [0.25, 0.3) is 55.7 Å². The van der Waals surface area contributed by atoms with Gasteiger partial charge in [-0.25, -0.2) is 0 Å². The maximum Gasteiger partial charge on any atom is 0.139 e. The lowest BCUT2D eigenvalue weighted by Gasteiger charge is -2.29. The first-order valence-corrected chi connectivity index (χ1v) is 18.3. The van der Waals surface area contributed by atoms with Crippen LogP contribution in [0.5, 0.6) is 0 Å². The number of anilines is 3. The van der Waals surface area contributed by atoms with Crippen molar-refractivity contribution in [2.24, 2.45) is 0 Å². The van der Waals surface area contributed by atoms with Crippen molar-refractivity contribution in [1.82, 2.24) is 0 Å². The molecule has 0 radical (unpaired) electrons. The average Bonchev–Trinajstić information content (AvgIpc) is 3.77. The second kappa shape index (κ2) is 11.2. The zero-order valence-electron chi connectivity index (χ0n) is 29.9. The monoisotopic (exact) mass is 669 g/mol. The van der Waals surface area contributed by atoms with E-state index < -0.39 is 0 Å². The van der Waals surface area contributed by atoms with Crippen molar-refractivity contribution in [2.75, 3.05) is 4.90 Å². The molecule has 52 heavy (non-hydrogen) atoms. The van der Waals surface area contributed by atoms with E-state index in [1.165, 1.54) is 66.6 Å². The zero-order chi connectivity index (χ0) is 35.2. The van der Waals surface area contributed by atoms with Crippen LogP contribution in [0.1, 0.15) is 49.9 Å². The first kappa shape index (κ1) is 30.7. The van der Waals surface area contributed by atoms with E-state index in [0.717, 1.165) is 28.4 Å². The summed E-state index contributed by atoms with van der Waals surface area (Å²) in [6, 6.07) is 59.7. The molecule has 0 bridgehead atoms. The standard InChI is InChI=1S/C50H39NO/c1-49(2)43-19-10-8-15-39(43)40-30-29-37(31-44(40)49)51(35-25-21-33(22-26-35)32-13-6-5-7-14-32)36-27-23-34(24-28-36)38-17-12-18-42-46(38)50(3,4)47-41-16-9-11-20-45(41)52-48(42)47/h5-31H,1-4H3. The highest BCUT2D eigenvalue weighted by Gasteiger charge is 2.42. The summed E-state index contributed by atoms with van der Waals surface area (Å²) >= 11 is 0. The molecular weight excluding hydrogens is 631 g/mol. The van der Waals surface area contributed by atoms with Crippen molar-refractivity contribution in [3.63, 3.8) is 0 Å². The number of para-hydroxylation sites is 1. The molecule has 10 rings (SSSR count). The molecule has 250 valence electrons. The van der Waals surface area contributed by atoms with Crippen LogP contribution in [0.2, 0.25) is 0 Å². The van der Waals surface area contributed by atoms with Gasteiger partial charge in [-0.1, -0.05) is 149 Å². The Bertz CT molecular complexity index is 2660. The van der Waals surface area contributed by atoms with Crippen molar-refractivity contribution >= 4 is 28.0 Å². The van der Waals surface area contributed by atoms with Crippen molar-refractivity contribution in [2.45, 2.75) is 38.5 Å². The van der Waals surface area contributed by atoms with E-state index in [9.17, 15) is 0 Å². The molecule has 8 aromatic rings. The molecule has 1 aromatic heterocycles. The van der Waals surface area contributed by atoms with Gasteiger partial charge in [-0.3, -0.25) is 0 Å². The van der Waals surface area contributed by atoms with Gasteiger partial charge in [0.05, 0.1) is 0 Å². The van der Waals surface area contributed by atoms with Crippen LogP contribution >= 0.6 is 0 Å². The van der Waals surface area contributed by atoms with Crippen LogP contribution in [0, 0.1) is 0 Å². The summed E-state index contributed by atoms with van der Waals surface area (Å²) in [6.07, 6.45) is 0. The highest BCUT2D eigenvalue weighted by atomic mass is 16.3. The average molecular weight is 670 g/mol. The Labute approximate surface area is 305 Å². The van der Waals surface area contributed by atoms with Gasteiger partial charge in [-0.15, -0.1) is 0 Å². The number of nitrogens with zero attached hydrogens (tertiary/aromatic N) is 1. The highest BCUT2D eigenvalue weighted by Crippen LogP contribution is 2.56. The highest BCUT2D eigenvalue weighted by molar-refractivity contribution is 5.97. The van der Waals surface area contributed by atoms with Crippen LogP contribution in [-0.4, -0.2) is 0 Å². The lowest BCUT2D eigenvalue weighted by Crippen LogP contribution is -2.17. The molecule has 0 atom stereocenters. The van der Waals surface area contributed by atoms with Crippen molar-refractivity contribution in [3.05, 3.63) is 186 Å². The van der Waals surface area contributed by atoms with E-state index in [1.807, 2.05) is 0 Å². The second-order valence-corrected chi connectivity index (χ2v) is 15.4. The van der Waals surface area contributed by atoms with E-state index in [-0.39, 0.29) is 10.8 Å². The third-order valence-electron chi connectivity index (χ3n) is 11.6. The SMILES string of the molecule is CC1(C)c2ccccc2-c2ccc(N(c3ccc(-c4ccccc4)cc3)c3ccc(-c4cccc5c4C(C)(C)c4c-5oc5ccccc45)cc3)cc21. The summed E-state index contributed by atoms with van der Waals surface area (Å²) in [7, 11) is 0. The fourth-order valence-corrected chi connectivity index (χ4v) is 9.14. The molecule has 0 saturated heterocycles. The van der Waals surface area contributed by atoms with E-state index in [2.05, 4.69) is 196 Å². The predicted molar refractivity (Wildman–Crippen MR) is 217 cm³/mol. The number of furan rings is 1. The van der Waals surface area contributed by atoms with Gasteiger partial charge < -0.3 is 9.32 Å². The molecule has 0 spiro atoms. The Morgan fingerprint density at radius 2 is 0.981 bits per heavy atom. The number of hydrogen-bond donors (Lipinski definition) is 0. The van der Waals surface area contributed by atoms with E-state index in [0.29, 0.717) is 0 Å². The first-order valence-electron chi connectivity index (χ1n) is 18.3. The van der Waals surface area contributed by atoms with E-state index in [1.54, 1.807) is 0 Å².